The van der Waals surface area contributed by atoms with E-state index < -0.39 is 7.82 Å². The number of rotatable bonds is 12. The van der Waals surface area contributed by atoms with Crippen molar-refractivity contribution in [3.05, 3.63) is 119 Å². The Bertz CT molecular complexity index is 1390. The molecule has 0 spiro atoms. The molecule has 0 aromatic heterocycles. The summed E-state index contributed by atoms with van der Waals surface area (Å²) in [6, 6.07) is 24.8. The van der Waals surface area contributed by atoms with E-state index in [-0.39, 0.29) is 77.0 Å². The van der Waals surface area contributed by atoms with Crippen LogP contribution in [-0.4, -0.2) is 21.8 Å². The van der Waals surface area contributed by atoms with Crippen molar-refractivity contribution >= 4 is 19.4 Å². The zero-order valence-electron chi connectivity index (χ0n) is 21.9. The van der Waals surface area contributed by atoms with Crippen LogP contribution in [0.25, 0.3) is 0 Å². The minimum Gasteiger partial charge on any atom is -0.736 e. The minimum absolute atomic E-state index is 0. The first-order valence-corrected chi connectivity index (χ1v) is 13.7. The van der Waals surface area contributed by atoms with Crippen LogP contribution in [0, 0.1) is 0 Å². The first kappa shape index (κ1) is 31.1. The van der Waals surface area contributed by atoms with Crippen molar-refractivity contribution in [2.24, 2.45) is 0 Å². The molecule has 4 aromatic rings. The van der Waals surface area contributed by atoms with E-state index in [2.05, 4.69) is 0 Å². The van der Waals surface area contributed by atoms with Gasteiger partial charge in [0.1, 0.15) is 23.0 Å². The summed E-state index contributed by atoms with van der Waals surface area (Å²) >= 11 is 0. The summed E-state index contributed by atoms with van der Waals surface area (Å²) in [6.45, 7) is 0. The van der Waals surface area contributed by atoms with Gasteiger partial charge in [-0.2, -0.15) is 0 Å². The van der Waals surface area contributed by atoms with Gasteiger partial charge in [-0.15, -0.1) is 0 Å². The summed E-state index contributed by atoms with van der Waals surface area (Å²) in [5.41, 5.74) is 2.37. The van der Waals surface area contributed by atoms with E-state index in [9.17, 15) is 29.3 Å². The van der Waals surface area contributed by atoms with Gasteiger partial charge in [0, 0.05) is 24.0 Å². The molecule has 0 unspecified atom stereocenters. The third-order valence-electron chi connectivity index (χ3n) is 5.89. The number of phenols is 2. The molecule has 4 aromatic carbocycles. The molecule has 40 heavy (non-hydrogen) atoms. The maximum absolute atomic E-state index is 12.6. The van der Waals surface area contributed by atoms with Crippen molar-refractivity contribution in [2.45, 2.75) is 25.7 Å². The van der Waals surface area contributed by atoms with Gasteiger partial charge in [-0.25, -0.2) is 4.57 Å². The standard InChI is InChI=1S/C30H27O8P.Na/c31-25-13-9-23(10-14-25)29(33)17-7-21-3-1-5-27(19-21)37-39(35,36)38-28-6-2-4-22(20-28)8-18-30(34)24-11-15-26(32)16-12-24;/h1-6,9-16,19-20,31-32H,7-8,17-18H2,(H,35,36);/q;+1/p-1. The van der Waals surface area contributed by atoms with Crippen LogP contribution in [0.1, 0.15) is 44.7 Å². The number of carbonyl (C=O) groups excluding carboxylic acids is 2. The first-order valence-electron chi connectivity index (χ1n) is 12.2. The van der Waals surface area contributed by atoms with Crippen LogP contribution in [0.3, 0.4) is 0 Å². The predicted molar refractivity (Wildman–Crippen MR) is 143 cm³/mol. The van der Waals surface area contributed by atoms with Gasteiger partial charge >= 0.3 is 37.4 Å². The fourth-order valence-corrected chi connectivity index (χ4v) is 4.67. The Morgan fingerprint density at radius 1 is 0.650 bits per heavy atom. The number of phosphoric ester groups is 1. The van der Waals surface area contributed by atoms with Gasteiger partial charge in [0.25, 0.3) is 0 Å². The molecule has 0 heterocycles. The smallest absolute Gasteiger partial charge is 0.736 e. The Hall–Kier alpha value is -3.39. The molecule has 0 fully saturated rings. The molecule has 0 aliphatic heterocycles. The molecule has 0 aliphatic rings. The van der Waals surface area contributed by atoms with Crippen molar-refractivity contribution in [2.75, 3.05) is 0 Å². The van der Waals surface area contributed by atoms with Crippen LogP contribution in [0.2, 0.25) is 0 Å². The van der Waals surface area contributed by atoms with Crippen LogP contribution >= 0.6 is 7.82 Å². The topological polar surface area (TPSA) is 133 Å². The predicted octanol–water partition coefficient (Wildman–Crippen LogP) is 2.66. The number of carbonyl (C=O) groups is 2. The molecule has 0 aliphatic carbocycles. The Kier molecular flexibility index (Phi) is 11.1. The summed E-state index contributed by atoms with van der Waals surface area (Å²) in [5.74, 6) is 0.0472. The molecule has 10 heteroatoms. The van der Waals surface area contributed by atoms with Crippen LogP contribution in [0.5, 0.6) is 23.0 Å². The second-order valence-electron chi connectivity index (χ2n) is 8.86. The molecule has 0 bridgehead atoms. The maximum Gasteiger partial charge on any atom is 1.00 e. The fraction of sp³-hybridized carbons (Fsp3) is 0.133. The molecule has 0 amide bonds. The first-order chi connectivity index (χ1) is 18.7. The number of Topliss-reactive ketones (excluding diaryl/α,β-unsaturated/α-hetero) is 2. The van der Waals surface area contributed by atoms with Gasteiger partial charge in [0.15, 0.2) is 11.6 Å². The van der Waals surface area contributed by atoms with Crippen LogP contribution < -0.4 is 43.5 Å². The van der Waals surface area contributed by atoms with Crippen LogP contribution in [-0.2, 0) is 17.4 Å². The van der Waals surface area contributed by atoms with Crippen LogP contribution in [0.15, 0.2) is 97.1 Å². The van der Waals surface area contributed by atoms with E-state index in [0.717, 1.165) is 0 Å². The molecule has 8 nitrogen and oxygen atoms in total. The van der Waals surface area contributed by atoms with E-state index in [1.807, 2.05) is 0 Å². The van der Waals surface area contributed by atoms with E-state index in [4.69, 9.17) is 9.05 Å². The van der Waals surface area contributed by atoms with Crippen molar-refractivity contribution in [1.29, 1.82) is 0 Å². The molecular weight excluding hydrogens is 542 g/mol. The van der Waals surface area contributed by atoms with Crippen molar-refractivity contribution in [3.63, 3.8) is 0 Å². The minimum atomic E-state index is -4.79. The summed E-state index contributed by atoms with van der Waals surface area (Å²) in [4.78, 5) is 37.4. The molecule has 2 N–H and O–H groups in total. The summed E-state index contributed by atoms with van der Waals surface area (Å²) in [6.07, 6.45) is 1.13. The monoisotopic (exact) mass is 568 g/mol. The van der Waals surface area contributed by atoms with Gasteiger partial charge in [-0.1, -0.05) is 24.3 Å². The molecular formula is C30H26NaO8P. The van der Waals surface area contributed by atoms with E-state index in [1.165, 1.54) is 48.5 Å². The molecule has 4 rings (SSSR count). The average molecular weight is 568 g/mol. The quantitative estimate of drug-likeness (QED) is 0.151. The van der Waals surface area contributed by atoms with Gasteiger partial charge in [0.05, 0.1) is 0 Å². The van der Waals surface area contributed by atoms with Gasteiger partial charge in [-0.05, 0) is 96.8 Å². The number of aryl methyl sites for hydroxylation is 2. The SMILES string of the molecule is O=C(CCc1cccc(OP(=O)([O-])Oc2cccc(CCC(=O)c3ccc(O)cc3)c2)c1)c1ccc(O)cc1.[Na+]. The zero-order valence-corrected chi connectivity index (χ0v) is 24.8. The summed E-state index contributed by atoms with van der Waals surface area (Å²) in [5, 5.41) is 18.7. The van der Waals surface area contributed by atoms with Crippen molar-refractivity contribution in [1.82, 2.24) is 0 Å². The number of ketones is 2. The normalized spacial score (nSPS) is 10.8. The van der Waals surface area contributed by atoms with E-state index in [0.29, 0.717) is 35.1 Å². The third kappa shape index (κ3) is 9.37. The maximum atomic E-state index is 12.6. The fourth-order valence-electron chi connectivity index (χ4n) is 3.89. The Balaban J connectivity index is 0.00000441. The second kappa shape index (κ2) is 14.3. The number of hydrogen-bond donors (Lipinski definition) is 2. The molecule has 0 saturated carbocycles. The van der Waals surface area contributed by atoms with Gasteiger partial charge < -0.3 is 24.2 Å². The molecule has 0 radical (unpaired) electrons. The largest absolute Gasteiger partial charge is 1.00 e. The average Bonchev–Trinajstić information content (AvgIpc) is 2.91. The summed E-state index contributed by atoms with van der Waals surface area (Å²) in [7, 11) is -4.79. The van der Waals surface area contributed by atoms with Crippen molar-refractivity contribution in [3.8, 4) is 23.0 Å². The zero-order chi connectivity index (χ0) is 27.8. The summed E-state index contributed by atoms with van der Waals surface area (Å²) < 4.78 is 22.9. The number of phosphoric acid groups is 1. The number of benzene rings is 4. The Morgan fingerprint density at radius 2 is 1.02 bits per heavy atom. The van der Waals surface area contributed by atoms with E-state index >= 15 is 0 Å². The van der Waals surface area contributed by atoms with E-state index in [1.54, 1.807) is 48.5 Å². The third-order valence-corrected chi connectivity index (χ3v) is 6.76. The number of phenolic OH excluding ortho intramolecular Hbond substituents is 2. The molecule has 0 atom stereocenters. The van der Waals surface area contributed by atoms with Crippen LogP contribution in [0.4, 0.5) is 0 Å². The van der Waals surface area contributed by atoms with Crippen molar-refractivity contribution < 1.29 is 67.9 Å². The number of hydrogen-bond acceptors (Lipinski definition) is 8. The van der Waals surface area contributed by atoms with Gasteiger partial charge in [0.2, 0.25) is 0 Å². The number of aromatic hydroxyl groups is 2. The molecule has 0 saturated heterocycles. The molecule has 200 valence electrons. The van der Waals surface area contributed by atoms with Gasteiger partial charge in [-0.3, -0.25) is 9.59 Å². The Morgan fingerprint density at radius 3 is 1.40 bits per heavy atom. The Labute approximate surface area is 254 Å². The second-order valence-corrected chi connectivity index (χ2v) is 10.1.